The number of aryl methyl sites for hydroxylation is 1. The van der Waals surface area contributed by atoms with E-state index in [1.165, 1.54) is 7.11 Å². The van der Waals surface area contributed by atoms with Crippen molar-refractivity contribution in [3.63, 3.8) is 0 Å². The first-order valence-electron chi connectivity index (χ1n) is 13.2. The summed E-state index contributed by atoms with van der Waals surface area (Å²) >= 11 is 0. The van der Waals surface area contributed by atoms with E-state index in [0.29, 0.717) is 49.5 Å². The number of hydrogen-bond acceptors (Lipinski definition) is 8. The van der Waals surface area contributed by atoms with E-state index >= 15 is 0 Å². The SMILES string of the molecule is COc1cc([C@H]2Oc3c(OC)cc(CCCOC(=O)CC(C)C)cc3[C@@H]2COC(=O)CC(C)C)ccc1O. The molecule has 1 aliphatic heterocycles. The maximum Gasteiger partial charge on any atom is 0.306 e. The highest BCUT2D eigenvalue weighted by molar-refractivity contribution is 5.70. The molecule has 2 atom stereocenters. The normalized spacial score (nSPS) is 16.2. The highest BCUT2D eigenvalue weighted by atomic mass is 16.5. The standard InChI is InChI=1S/C30H40O8/c1-18(2)12-27(32)36-11-7-8-20-14-22-23(17-37-28(33)13-19(3)4)29(38-30(22)26(15-20)35-6)21-9-10-24(31)25(16-21)34-5/h9-10,14-16,18-19,23,29,31H,7-8,11-13,17H2,1-6H3/t23-,29+/m0/s1. The Morgan fingerprint density at radius 2 is 1.58 bits per heavy atom. The van der Waals surface area contributed by atoms with Crippen molar-refractivity contribution >= 4 is 11.9 Å². The number of ether oxygens (including phenoxy) is 5. The average molecular weight is 529 g/mol. The van der Waals surface area contributed by atoms with Crippen LogP contribution in [0.5, 0.6) is 23.0 Å². The molecule has 0 radical (unpaired) electrons. The van der Waals surface area contributed by atoms with Gasteiger partial charge in [0.1, 0.15) is 12.7 Å². The molecule has 3 rings (SSSR count). The highest BCUT2D eigenvalue weighted by Gasteiger charge is 2.39. The number of benzene rings is 2. The van der Waals surface area contributed by atoms with Gasteiger partial charge in [-0.15, -0.1) is 0 Å². The third kappa shape index (κ3) is 7.55. The lowest BCUT2D eigenvalue weighted by Gasteiger charge is -2.20. The van der Waals surface area contributed by atoms with Crippen LogP contribution in [-0.2, 0) is 25.5 Å². The quantitative estimate of drug-likeness (QED) is 0.260. The van der Waals surface area contributed by atoms with Gasteiger partial charge in [-0.25, -0.2) is 0 Å². The number of phenolic OH excluding ortho intramolecular Hbond substituents is 1. The van der Waals surface area contributed by atoms with Crippen LogP contribution in [0.3, 0.4) is 0 Å². The lowest BCUT2D eigenvalue weighted by Crippen LogP contribution is -2.19. The van der Waals surface area contributed by atoms with E-state index in [1.807, 2.05) is 39.8 Å². The number of esters is 2. The highest BCUT2D eigenvalue weighted by Crippen LogP contribution is 2.51. The summed E-state index contributed by atoms with van der Waals surface area (Å²) in [6.07, 6.45) is 1.60. The number of hydrogen-bond donors (Lipinski definition) is 1. The molecule has 0 amide bonds. The lowest BCUT2D eigenvalue weighted by molar-refractivity contribution is -0.146. The Bertz CT molecular complexity index is 1110. The van der Waals surface area contributed by atoms with Crippen LogP contribution in [0.1, 0.15) is 75.7 Å². The Balaban J connectivity index is 1.85. The molecule has 1 aliphatic rings. The van der Waals surface area contributed by atoms with Gasteiger partial charge >= 0.3 is 11.9 Å². The first-order valence-corrected chi connectivity index (χ1v) is 13.2. The van der Waals surface area contributed by atoms with Gasteiger partial charge in [-0.1, -0.05) is 39.8 Å². The predicted molar refractivity (Wildman–Crippen MR) is 143 cm³/mol. The molecule has 0 spiro atoms. The Hall–Kier alpha value is -3.42. The Kier molecular flexibility index (Phi) is 10.3. The third-order valence-corrected chi connectivity index (χ3v) is 6.35. The van der Waals surface area contributed by atoms with Crippen LogP contribution in [0, 0.1) is 11.8 Å². The molecule has 2 aromatic rings. The first-order chi connectivity index (χ1) is 18.1. The van der Waals surface area contributed by atoms with Gasteiger partial charge in [0, 0.05) is 18.4 Å². The smallest absolute Gasteiger partial charge is 0.306 e. The van der Waals surface area contributed by atoms with Crippen molar-refractivity contribution in [2.45, 2.75) is 65.4 Å². The number of carbonyl (C=O) groups excluding carboxylic acids is 2. The summed E-state index contributed by atoms with van der Waals surface area (Å²) in [6, 6.07) is 9.04. The number of aromatic hydroxyl groups is 1. The minimum Gasteiger partial charge on any atom is -0.504 e. The van der Waals surface area contributed by atoms with Crippen molar-refractivity contribution in [1.82, 2.24) is 0 Å². The van der Waals surface area contributed by atoms with E-state index in [1.54, 1.807) is 25.3 Å². The summed E-state index contributed by atoms with van der Waals surface area (Å²) in [5.41, 5.74) is 2.67. The Labute approximate surface area is 225 Å². The molecule has 1 N–H and O–H groups in total. The van der Waals surface area contributed by atoms with Crippen molar-refractivity contribution in [3.05, 3.63) is 47.0 Å². The van der Waals surface area contributed by atoms with E-state index in [-0.39, 0.29) is 42.0 Å². The maximum atomic E-state index is 12.4. The van der Waals surface area contributed by atoms with Crippen LogP contribution < -0.4 is 14.2 Å². The summed E-state index contributed by atoms with van der Waals surface area (Å²) in [6.45, 7) is 8.38. The molecule has 1 heterocycles. The molecule has 0 fully saturated rings. The van der Waals surface area contributed by atoms with Crippen molar-refractivity contribution in [2.24, 2.45) is 11.8 Å². The molecule has 0 saturated carbocycles. The van der Waals surface area contributed by atoms with Gasteiger partial charge in [0.2, 0.25) is 0 Å². The van der Waals surface area contributed by atoms with Gasteiger partial charge in [0.15, 0.2) is 23.0 Å². The molecule has 0 bridgehead atoms. The van der Waals surface area contributed by atoms with Crippen LogP contribution >= 0.6 is 0 Å². The lowest BCUT2D eigenvalue weighted by atomic mass is 9.90. The number of carbonyl (C=O) groups is 2. The third-order valence-electron chi connectivity index (χ3n) is 6.35. The summed E-state index contributed by atoms with van der Waals surface area (Å²) < 4.78 is 28.5. The minimum atomic E-state index is -0.479. The molecule has 8 nitrogen and oxygen atoms in total. The zero-order valence-corrected chi connectivity index (χ0v) is 23.2. The van der Waals surface area contributed by atoms with Gasteiger partial charge < -0.3 is 28.8 Å². The Morgan fingerprint density at radius 1 is 0.921 bits per heavy atom. The van der Waals surface area contributed by atoms with Crippen LogP contribution in [0.15, 0.2) is 30.3 Å². The molecule has 0 saturated heterocycles. The topological polar surface area (TPSA) is 101 Å². The van der Waals surface area contributed by atoms with Gasteiger partial charge in [0.05, 0.1) is 26.7 Å². The van der Waals surface area contributed by atoms with Crippen molar-refractivity contribution in [3.8, 4) is 23.0 Å². The van der Waals surface area contributed by atoms with Crippen LogP contribution in [0.2, 0.25) is 0 Å². The van der Waals surface area contributed by atoms with Crippen LogP contribution in [-0.4, -0.2) is 44.5 Å². The van der Waals surface area contributed by atoms with E-state index in [0.717, 1.165) is 16.7 Å². The van der Waals surface area contributed by atoms with E-state index in [9.17, 15) is 14.7 Å². The largest absolute Gasteiger partial charge is 0.504 e. The second-order valence-corrected chi connectivity index (χ2v) is 10.5. The predicted octanol–water partition coefficient (Wildman–Crippen LogP) is 5.74. The fraction of sp³-hybridized carbons (Fsp3) is 0.533. The average Bonchev–Trinajstić information content (AvgIpc) is 3.22. The van der Waals surface area contributed by atoms with Crippen LogP contribution in [0.4, 0.5) is 0 Å². The zero-order chi connectivity index (χ0) is 27.8. The van der Waals surface area contributed by atoms with Crippen molar-refractivity contribution in [1.29, 1.82) is 0 Å². The summed E-state index contributed by atoms with van der Waals surface area (Å²) in [4.78, 5) is 24.3. The van der Waals surface area contributed by atoms with E-state index in [2.05, 4.69) is 0 Å². The second-order valence-electron chi connectivity index (χ2n) is 10.5. The van der Waals surface area contributed by atoms with E-state index in [4.69, 9.17) is 23.7 Å². The maximum absolute atomic E-state index is 12.4. The number of fused-ring (bicyclic) bond motifs is 1. The number of phenols is 1. The fourth-order valence-corrected chi connectivity index (χ4v) is 4.53. The zero-order valence-electron chi connectivity index (χ0n) is 23.2. The summed E-state index contributed by atoms with van der Waals surface area (Å²) in [5, 5.41) is 10.1. The van der Waals surface area contributed by atoms with Crippen LogP contribution in [0.25, 0.3) is 0 Å². The monoisotopic (exact) mass is 528 g/mol. The summed E-state index contributed by atoms with van der Waals surface area (Å²) in [7, 11) is 3.08. The van der Waals surface area contributed by atoms with Crippen molar-refractivity contribution in [2.75, 3.05) is 27.4 Å². The van der Waals surface area contributed by atoms with Crippen molar-refractivity contribution < 1.29 is 38.4 Å². The molecule has 0 aliphatic carbocycles. The number of methoxy groups -OCH3 is 2. The summed E-state index contributed by atoms with van der Waals surface area (Å²) in [5.74, 6) is 1.25. The second kappa shape index (κ2) is 13.4. The minimum absolute atomic E-state index is 0.0284. The first kappa shape index (κ1) is 29.1. The van der Waals surface area contributed by atoms with Gasteiger partial charge in [0.25, 0.3) is 0 Å². The molecule has 0 aromatic heterocycles. The molecular weight excluding hydrogens is 488 g/mol. The molecule has 8 heteroatoms. The number of rotatable bonds is 13. The van der Waals surface area contributed by atoms with Gasteiger partial charge in [-0.2, -0.15) is 0 Å². The Morgan fingerprint density at radius 3 is 2.21 bits per heavy atom. The molecule has 208 valence electrons. The molecule has 0 unspecified atom stereocenters. The molecule has 2 aromatic carbocycles. The van der Waals surface area contributed by atoms with Gasteiger partial charge in [-0.3, -0.25) is 9.59 Å². The van der Waals surface area contributed by atoms with E-state index < -0.39 is 6.10 Å². The molecule has 38 heavy (non-hydrogen) atoms. The molecular formula is C30H40O8. The van der Waals surface area contributed by atoms with Gasteiger partial charge in [-0.05, 0) is 54.0 Å². The fourth-order valence-electron chi connectivity index (χ4n) is 4.53.